The highest BCUT2D eigenvalue weighted by atomic mass is 16.4. The summed E-state index contributed by atoms with van der Waals surface area (Å²) >= 11 is 0. The number of aromatic hydroxyl groups is 1. The fourth-order valence-electron chi connectivity index (χ4n) is 4.92. The first-order chi connectivity index (χ1) is 22.1. The highest BCUT2D eigenvalue weighted by Gasteiger charge is 2.29. The first-order valence-electron chi connectivity index (χ1n) is 14.6. The van der Waals surface area contributed by atoms with Gasteiger partial charge in [0.05, 0.1) is 13.1 Å². The number of aromatic nitrogens is 1. The Kier molecular flexibility index (Phi) is 11.5. The molecule has 0 spiro atoms. The van der Waals surface area contributed by atoms with E-state index in [4.69, 9.17) is 5.73 Å². The number of carbonyl (C=O) groups is 5. The molecule has 4 rings (SSSR count). The predicted molar refractivity (Wildman–Crippen MR) is 169 cm³/mol. The number of fused-ring (bicyclic) bond motifs is 1. The van der Waals surface area contributed by atoms with Crippen LogP contribution in [0.15, 0.2) is 85.1 Å². The van der Waals surface area contributed by atoms with Gasteiger partial charge in [0.1, 0.15) is 23.9 Å². The molecule has 0 aliphatic rings. The van der Waals surface area contributed by atoms with Crippen molar-refractivity contribution in [3.05, 3.63) is 102 Å². The second-order valence-electron chi connectivity index (χ2n) is 10.7. The van der Waals surface area contributed by atoms with Crippen LogP contribution in [0.4, 0.5) is 0 Å². The summed E-state index contributed by atoms with van der Waals surface area (Å²) in [4.78, 5) is 66.9. The molecule has 13 nitrogen and oxygen atoms in total. The van der Waals surface area contributed by atoms with E-state index in [2.05, 4.69) is 26.3 Å². The van der Waals surface area contributed by atoms with E-state index < -0.39 is 54.3 Å². The van der Waals surface area contributed by atoms with Crippen molar-refractivity contribution in [3.8, 4) is 5.75 Å². The lowest BCUT2D eigenvalue weighted by Gasteiger charge is -2.23. The van der Waals surface area contributed by atoms with Crippen molar-refractivity contribution in [1.29, 1.82) is 0 Å². The van der Waals surface area contributed by atoms with E-state index in [0.29, 0.717) is 5.56 Å². The number of H-pyrrole nitrogens is 1. The van der Waals surface area contributed by atoms with Gasteiger partial charge < -0.3 is 42.2 Å². The number of nitrogens with one attached hydrogen (secondary N) is 5. The zero-order chi connectivity index (χ0) is 33.1. The van der Waals surface area contributed by atoms with Crippen LogP contribution in [-0.2, 0) is 43.2 Å². The molecule has 0 saturated carbocycles. The highest BCUT2D eigenvalue weighted by molar-refractivity contribution is 5.95. The van der Waals surface area contributed by atoms with E-state index in [1.807, 2.05) is 30.3 Å². The van der Waals surface area contributed by atoms with Crippen LogP contribution in [0, 0.1) is 0 Å². The number of benzene rings is 3. The minimum Gasteiger partial charge on any atom is -0.508 e. The first-order valence-corrected chi connectivity index (χ1v) is 14.6. The van der Waals surface area contributed by atoms with Gasteiger partial charge in [-0.3, -0.25) is 19.2 Å². The van der Waals surface area contributed by atoms with Crippen molar-refractivity contribution in [2.45, 2.75) is 37.4 Å². The third kappa shape index (κ3) is 9.40. The van der Waals surface area contributed by atoms with Gasteiger partial charge >= 0.3 is 5.97 Å². The maximum absolute atomic E-state index is 13.5. The number of carbonyl (C=O) groups excluding carboxylic acids is 4. The molecule has 0 aliphatic carbocycles. The van der Waals surface area contributed by atoms with Crippen LogP contribution in [0.25, 0.3) is 10.9 Å². The summed E-state index contributed by atoms with van der Waals surface area (Å²) in [6.45, 7) is -0.896. The molecule has 1 aromatic heterocycles. The van der Waals surface area contributed by atoms with Gasteiger partial charge in [-0.25, -0.2) is 4.79 Å². The molecule has 9 N–H and O–H groups in total. The van der Waals surface area contributed by atoms with E-state index in [9.17, 15) is 34.2 Å². The Labute approximate surface area is 264 Å². The van der Waals surface area contributed by atoms with Crippen LogP contribution in [0.2, 0.25) is 0 Å². The van der Waals surface area contributed by atoms with Crippen molar-refractivity contribution in [3.63, 3.8) is 0 Å². The van der Waals surface area contributed by atoms with Crippen molar-refractivity contribution in [2.24, 2.45) is 5.73 Å². The number of hydrogen-bond donors (Lipinski definition) is 8. The van der Waals surface area contributed by atoms with E-state index in [-0.39, 0.29) is 31.6 Å². The first kappa shape index (κ1) is 33.2. The number of nitrogens with two attached hydrogens (primary N) is 1. The van der Waals surface area contributed by atoms with Crippen LogP contribution < -0.4 is 27.0 Å². The molecule has 3 atom stereocenters. The number of phenolic OH excluding ortho intramolecular Hbond substituents is 1. The van der Waals surface area contributed by atoms with Gasteiger partial charge in [-0.1, -0.05) is 60.7 Å². The molecule has 13 heteroatoms. The molecule has 4 aromatic rings. The van der Waals surface area contributed by atoms with Crippen molar-refractivity contribution in [1.82, 2.24) is 26.3 Å². The maximum atomic E-state index is 13.5. The summed E-state index contributed by atoms with van der Waals surface area (Å²) in [5, 5.41) is 30.2. The summed E-state index contributed by atoms with van der Waals surface area (Å²) in [5.74, 6) is -3.89. The number of amides is 4. The van der Waals surface area contributed by atoms with Crippen LogP contribution >= 0.6 is 0 Å². The molecule has 0 radical (unpaired) electrons. The minimum atomic E-state index is -1.29. The van der Waals surface area contributed by atoms with Gasteiger partial charge in [-0.05, 0) is 34.9 Å². The van der Waals surface area contributed by atoms with E-state index >= 15 is 0 Å². The summed E-state index contributed by atoms with van der Waals surface area (Å²) in [7, 11) is 0. The zero-order valence-corrected chi connectivity index (χ0v) is 24.9. The Hall–Kier alpha value is -5.69. The smallest absolute Gasteiger partial charge is 0.326 e. The maximum Gasteiger partial charge on any atom is 0.326 e. The predicted octanol–water partition coefficient (Wildman–Crippen LogP) is 0.515. The number of para-hydroxylation sites is 1. The lowest BCUT2D eigenvalue weighted by Crippen LogP contribution is -2.56. The number of aliphatic carboxylic acids is 1. The molecular formula is C33H36N6O7. The lowest BCUT2D eigenvalue weighted by atomic mass is 10.0. The fraction of sp³-hybridized carbons (Fsp3) is 0.242. The second kappa shape index (κ2) is 15.9. The van der Waals surface area contributed by atoms with Crippen LogP contribution in [0.5, 0.6) is 5.75 Å². The van der Waals surface area contributed by atoms with Gasteiger partial charge in [0.15, 0.2) is 0 Å². The Morgan fingerprint density at radius 2 is 1.30 bits per heavy atom. The van der Waals surface area contributed by atoms with Crippen molar-refractivity contribution < 1.29 is 34.2 Å². The number of carboxylic acids is 1. The van der Waals surface area contributed by atoms with Crippen molar-refractivity contribution in [2.75, 3.05) is 13.1 Å². The van der Waals surface area contributed by atoms with Gasteiger partial charge in [-0.2, -0.15) is 0 Å². The third-order valence-electron chi connectivity index (χ3n) is 7.28. The van der Waals surface area contributed by atoms with Gasteiger partial charge in [0.2, 0.25) is 23.6 Å². The Morgan fingerprint density at radius 1 is 0.696 bits per heavy atom. The van der Waals surface area contributed by atoms with Gasteiger partial charge in [-0.15, -0.1) is 0 Å². The second-order valence-corrected chi connectivity index (χ2v) is 10.7. The van der Waals surface area contributed by atoms with Crippen molar-refractivity contribution >= 4 is 40.5 Å². The molecule has 46 heavy (non-hydrogen) atoms. The van der Waals surface area contributed by atoms with E-state index in [0.717, 1.165) is 22.0 Å². The summed E-state index contributed by atoms with van der Waals surface area (Å²) < 4.78 is 0. The van der Waals surface area contributed by atoms with Crippen LogP contribution in [0.1, 0.15) is 16.7 Å². The number of carboxylic acid groups (broad SMARTS) is 1. The Morgan fingerprint density at radius 3 is 2.00 bits per heavy atom. The normalized spacial score (nSPS) is 12.8. The summed E-state index contributed by atoms with van der Waals surface area (Å²) in [5.41, 5.74) is 8.38. The molecule has 0 aliphatic heterocycles. The number of rotatable bonds is 15. The van der Waals surface area contributed by atoms with Crippen LogP contribution in [0.3, 0.4) is 0 Å². The average molecular weight is 629 g/mol. The number of hydrogen-bond acceptors (Lipinski definition) is 7. The molecule has 0 saturated heterocycles. The molecule has 240 valence electrons. The largest absolute Gasteiger partial charge is 0.508 e. The summed E-state index contributed by atoms with van der Waals surface area (Å²) in [6, 6.07) is 18.8. The SMILES string of the molecule is NCC(=O)NC(Cc1ccccc1)C(=O)NC(Cc1c[nH]c2ccccc12)C(=O)NCC(=O)NC(Cc1ccc(O)cc1)C(=O)O. The molecule has 4 amide bonds. The highest BCUT2D eigenvalue weighted by Crippen LogP contribution is 2.19. The number of aromatic amines is 1. The minimum absolute atomic E-state index is 0.0183. The number of phenols is 1. The lowest BCUT2D eigenvalue weighted by molar-refractivity contribution is -0.141. The van der Waals surface area contributed by atoms with E-state index in [1.54, 1.807) is 30.5 Å². The molecule has 0 bridgehead atoms. The Bertz CT molecular complexity index is 1670. The molecule has 3 unspecified atom stereocenters. The van der Waals surface area contributed by atoms with E-state index in [1.165, 1.54) is 24.3 Å². The molecule has 0 fully saturated rings. The topological polar surface area (TPSA) is 216 Å². The monoisotopic (exact) mass is 628 g/mol. The summed E-state index contributed by atoms with van der Waals surface area (Å²) in [6.07, 6.45) is 1.86. The van der Waals surface area contributed by atoms with Gasteiger partial charge in [0.25, 0.3) is 0 Å². The standard InChI is InChI=1S/C33H36N6O7/c34-17-29(41)37-26(14-20-6-2-1-3-7-20)32(44)39-27(16-22-18-35-25-9-5-4-8-24(22)25)31(43)36-19-30(42)38-28(33(45)46)15-21-10-12-23(40)13-11-21/h1-13,18,26-28,35,40H,14-17,19,34H2,(H,36,43)(H,37,41)(H,38,42)(H,39,44)(H,45,46). The molecule has 1 heterocycles. The zero-order valence-electron chi connectivity index (χ0n) is 24.9. The third-order valence-corrected chi connectivity index (χ3v) is 7.28. The Balaban J connectivity index is 1.48. The molecular weight excluding hydrogens is 592 g/mol. The van der Waals surface area contributed by atoms with Gasteiger partial charge in [0, 0.05) is 36.4 Å². The molecule has 3 aromatic carbocycles. The average Bonchev–Trinajstić information content (AvgIpc) is 3.46. The van der Waals surface area contributed by atoms with Crippen LogP contribution in [-0.4, -0.2) is 76.0 Å². The fourth-order valence-corrected chi connectivity index (χ4v) is 4.92. The quantitative estimate of drug-likeness (QED) is 0.0926.